The molecule has 0 spiro atoms. The van der Waals surface area contributed by atoms with Crippen LogP contribution in [0.3, 0.4) is 0 Å². The maximum Gasteiger partial charge on any atom is 0.495 e. The number of fused-ring (bicyclic) bond motifs is 16. The summed E-state index contributed by atoms with van der Waals surface area (Å²) in [5.41, 5.74) is 15.5. The van der Waals surface area contributed by atoms with Crippen LogP contribution in [0.25, 0.3) is 11.1 Å². The number of para-hydroxylation sites is 8. The molecule has 0 aromatic heterocycles. The Labute approximate surface area is 550 Å². The molecule has 0 saturated carbocycles. The highest BCUT2D eigenvalue weighted by Crippen LogP contribution is 2.44. The normalized spacial score (nSPS) is 15.5. The van der Waals surface area contributed by atoms with Crippen molar-refractivity contribution < 1.29 is 47.2 Å². The summed E-state index contributed by atoms with van der Waals surface area (Å²) in [6.45, 7) is 8.54. The maximum absolute atomic E-state index is 6.55. The van der Waals surface area contributed by atoms with Crippen LogP contribution in [-0.4, -0.2) is 45.2 Å². The lowest BCUT2D eigenvalue weighted by molar-refractivity contribution is 0.00578. The largest absolute Gasteiger partial charge is 0.495 e. The first-order valence-electron chi connectivity index (χ1n) is 31.8. The summed E-state index contributed by atoms with van der Waals surface area (Å²) in [5, 5.41) is 0.617. The summed E-state index contributed by atoms with van der Waals surface area (Å²) in [6.07, 6.45) is 0. The topological polar surface area (TPSA) is 92.3 Å². The Morgan fingerprint density at radius 2 is 0.436 bits per heavy atom. The zero-order chi connectivity index (χ0) is 62.7. The molecule has 9 heterocycles. The molecule has 1 fully saturated rings. The van der Waals surface area contributed by atoms with Crippen LogP contribution in [0, 0.1) is 0 Å². The monoisotopic (exact) mass is 1240 g/mol. The van der Waals surface area contributed by atoms with Gasteiger partial charge in [-0.3, -0.25) is 0 Å². The highest BCUT2D eigenvalue weighted by molar-refractivity contribution is 7.00. The van der Waals surface area contributed by atoms with Crippen molar-refractivity contribution in [2.45, 2.75) is 38.9 Å². The predicted molar refractivity (Wildman–Crippen MR) is 376 cm³/mol. The van der Waals surface area contributed by atoms with Crippen molar-refractivity contribution in [2.24, 2.45) is 0 Å². The van der Waals surface area contributed by atoms with E-state index in [9.17, 15) is 0 Å². The number of benzene rings is 12. The van der Waals surface area contributed by atoms with Crippen LogP contribution < -0.4 is 109 Å². The second-order valence-electron chi connectivity index (χ2n) is 26.0. The third-order valence-electron chi connectivity index (χ3n) is 20.0. The van der Waals surface area contributed by atoms with Gasteiger partial charge in [-0.15, -0.1) is 0 Å². The van der Waals surface area contributed by atoms with Gasteiger partial charge >= 0.3 is 7.12 Å². The lowest BCUT2D eigenvalue weighted by atomic mass is 9.34. The zero-order valence-electron chi connectivity index (χ0n) is 51.4. The molecule has 0 amide bonds. The Hall–Kier alpha value is -10.4. The molecule has 10 nitrogen and oxygen atoms in total. The predicted octanol–water partition coefficient (Wildman–Crippen LogP) is 10.6. The van der Waals surface area contributed by atoms with Gasteiger partial charge in [0.05, 0.1) is 11.2 Å². The summed E-state index contributed by atoms with van der Waals surface area (Å²) >= 11 is 6.23. The SMILES string of the molecule is CC1(C)OB(c2cc3c4c(c2)Oc2ccccc2B4c2ccccc2O3)OC1(C)C.Clc1cc2c3c(c1)Oc1ccccc1B3c1ccccc1O2.c1ccc2c(c1)Oc1cc(-c3cc4c5c(c3)Oc3ccccc3B5c3ccccc3O4)cc3c1B2c1ccccc1O3. The highest BCUT2D eigenvalue weighted by atomic mass is 35.5. The Morgan fingerprint density at radius 1 is 0.245 bits per heavy atom. The smallest absolute Gasteiger partial charge is 0.458 e. The third-order valence-corrected chi connectivity index (χ3v) is 20.2. The second kappa shape index (κ2) is 20.8. The van der Waals surface area contributed by atoms with Crippen LogP contribution in [0.1, 0.15) is 27.7 Å². The van der Waals surface area contributed by atoms with Gasteiger partial charge in [-0.2, -0.15) is 0 Å². The molecule has 0 radical (unpaired) electrons. The van der Waals surface area contributed by atoms with E-state index in [4.69, 9.17) is 58.8 Å². The van der Waals surface area contributed by atoms with E-state index in [1.54, 1.807) is 0 Å². The Kier molecular flexibility index (Phi) is 12.2. The van der Waals surface area contributed by atoms with Crippen LogP contribution in [-0.2, 0) is 9.31 Å². The van der Waals surface area contributed by atoms with Gasteiger partial charge in [0, 0.05) is 26.9 Å². The van der Waals surface area contributed by atoms with Crippen LogP contribution in [0.15, 0.2) is 243 Å². The fraction of sp³-hybridized carbons (Fsp3) is 0.0769. The van der Waals surface area contributed by atoms with Gasteiger partial charge in [0.25, 0.3) is 26.9 Å². The van der Waals surface area contributed by atoms with Gasteiger partial charge in [-0.25, -0.2) is 0 Å². The summed E-state index contributed by atoms with van der Waals surface area (Å²) < 4.78 is 63.6. The van der Waals surface area contributed by atoms with Crippen molar-refractivity contribution in [3.63, 3.8) is 0 Å². The average Bonchev–Trinajstić information content (AvgIpc) is 0.800. The fourth-order valence-corrected chi connectivity index (χ4v) is 15.2. The molecule has 0 N–H and O–H groups in total. The van der Waals surface area contributed by atoms with E-state index >= 15 is 0 Å². The Bertz CT molecular complexity index is 4780. The quantitative estimate of drug-likeness (QED) is 0.156. The number of rotatable bonds is 2. The minimum atomic E-state index is -0.475. The van der Waals surface area contributed by atoms with E-state index in [1.165, 1.54) is 0 Å². The third kappa shape index (κ3) is 8.57. The Morgan fingerprint density at radius 3 is 0.660 bits per heavy atom. The molecule has 9 aliphatic rings. The Balaban J connectivity index is 0.000000106. The van der Waals surface area contributed by atoms with Gasteiger partial charge in [-0.05, 0) is 185 Å². The van der Waals surface area contributed by atoms with Crippen LogP contribution in [0.4, 0.5) is 0 Å². The van der Waals surface area contributed by atoms with Crippen molar-refractivity contribution in [1.82, 2.24) is 0 Å². The minimum Gasteiger partial charge on any atom is -0.458 e. The van der Waals surface area contributed by atoms with Crippen LogP contribution in [0.2, 0.25) is 5.02 Å². The number of halogens is 1. The summed E-state index contributed by atoms with van der Waals surface area (Å²) in [6, 6.07) is 82.2. The molecule has 16 heteroatoms. The van der Waals surface area contributed by atoms with Gasteiger partial charge < -0.3 is 47.2 Å². The van der Waals surface area contributed by atoms with Crippen LogP contribution in [0.5, 0.6) is 92.0 Å². The number of hydrogen-bond acceptors (Lipinski definition) is 10. The second-order valence-corrected chi connectivity index (χ2v) is 26.4. The van der Waals surface area contributed by atoms with E-state index in [-0.39, 0.29) is 26.9 Å². The molecule has 21 rings (SSSR count). The summed E-state index contributed by atoms with van der Waals surface area (Å²) in [4.78, 5) is 0. The molecule has 0 atom stereocenters. The molecular formula is C78H52B5ClO10. The van der Waals surface area contributed by atoms with Gasteiger partial charge in [0.2, 0.25) is 0 Å². The average molecular weight is 1240 g/mol. The van der Waals surface area contributed by atoms with Crippen molar-refractivity contribution in [3.05, 3.63) is 248 Å². The first kappa shape index (κ1) is 55.2. The van der Waals surface area contributed by atoms with Gasteiger partial charge in [0.1, 0.15) is 92.0 Å². The summed E-state index contributed by atoms with van der Waals surface area (Å²) in [7, 11) is -0.475. The molecule has 12 aromatic carbocycles. The van der Waals surface area contributed by atoms with E-state index < -0.39 is 18.3 Å². The number of ether oxygens (including phenoxy) is 8. The summed E-state index contributed by atoms with van der Waals surface area (Å²) in [5.74, 6) is 13.4. The molecule has 1 saturated heterocycles. The van der Waals surface area contributed by atoms with Crippen molar-refractivity contribution in [1.29, 1.82) is 0 Å². The first-order valence-corrected chi connectivity index (χ1v) is 32.2. The van der Waals surface area contributed by atoms with E-state index in [0.717, 1.165) is 174 Å². The molecule has 0 unspecified atom stereocenters. The van der Waals surface area contributed by atoms with E-state index in [0.29, 0.717) is 5.02 Å². The van der Waals surface area contributed by atoms with Crippen molar-refractivity contribution >= 4 is 117 Å². The lowest BCUT2D eigenvalue weighted by Gasteiger charge is -2.34. The standard InChI is InChI=1S/C36H20B2O4.C24H22B2O4.C18H10BClO2/c1-5-13-27-23(9-1)37-24-10-2-6-14-28(24)40-32-18-21(17-31(39-27)35(32)37)22-19-33-36-34(20-22)42-30-16-8-4-12-26(30)38(36)25-11-3-7-15-29(25)41-33;1-23(2)24(3,4)30-26(29-23)15-13-20-22-21(14-15)28-19-12-8-6-10-17(19)25(22)16-9-5-7-11-18(16)27-20;20-11-9-16-18-17(10-11)22-15-8-4-2-6-13(15)19(18)12-5-1-3-7-14(12)21-16/h1-20H;5-14H,1-4H3;1-10H. The minimum absolute atomic E-state index is 0.0454. The first-order chi connectivity index (χ1) is 45.9. The van der Waals surface area contributed by atoms with Crippen LogP contribution >= 0.6 is 11.6 Å². The molecular weight excluding hydrogens is 1190 g/mol. The number of hydrogen-bond donors (Lipinski definition) is 0. The zero-order valence-corrected chi connectivity index (χ0v) is 52.2. The van der Waals surface area contributed by atoms with Crippen molar-refractivity contribution in [2.75, 3.05) is 0 Å². The van der Waals surface area contributed by atoms with Gasteiger partial charge in [0.15, 0.2) is 0 Å². The molecule has 446 valence electrons. The highest BCUT2D eigenvalue weighted by Gasteiger charge is 2.53. The molecule has 0 aliphatic carbocycles. The molecule has 0 bridgehead atoms. The van der Waals surface area contributed by atoms with E-state index in [2.05, 4.69) is 137 Å². The van der Waals surface area contributed by atoms with Crippen molar-refractivity contribution in [3.8, 4) is 103 Å². The maximum atomic E-state index is 6.55. The lowest BCUT2D eigenvalue weighted by Crippen LogP contribution is -2.58. The molecule has 12 aromatic rings. The van der Waals surface area contributed by atoms with E-state index in [1.807, 2.05) is 133 Å². The molecule has 9 aliphatic heterocycles. The van der Waals surface area contributed by atoms with Gasteiger partial charge in [-0.1, -0.05) is 157 Å². The molecule has 94 heavy (non-hydrogen) atoms. The fourth-order valence-electron chi connectivity index (χ4n) is 15.0.